The highest BCUT2D eigenvalue weighted by Gasteiger charge is 2.30. The Bertz CT molecular complexity index is 1250. The fourth-order valence-corrected chi connectivity index (χ4v) is 3.84. The molecular formula is C20H15Cl2F3N4O2. The third kappa shape index (κ3) is 4.34. The molecule has 0 aliphatic rings. The molecule has 6 nitrogen and oxygen atoms in total. The van der Waals surface area contributed by atoms with Crippen LogP contribution in [-0.2, 0) is 7.05 Å². The summed E-state index contributed by atoms with van der Waals surface area (Å²) in [5.41, 5.74) is 2.56. The lowest BCUT2D eigenvalue weighted by molar-refractivity contribution is -0.153. The van der Waals surface area contributed by atoms with Gasteiger partial charge in [0, 0.05) is 58.3 Å². The minimum absolute atomic E-state index is 0.0377. The number of aliphatic hydroxyl groups excluding tert-OH is 1. The molecule has 3 aromatic heterocycles. The van der Waals surface area contributed by atoms with Crippen LogP contribution < -0.4 is 4.74 Å². The summed E-state index contributed by atoms with van der Waals surface area (Å²) in [6.07, 6.45) is 0.839. The third-order valence-electron chi connectivity index (χ3n) is 4.65. The van der Waals surface area contributed by atoms with Gasteiger partial charge in [-0.05, 0) is 18.2 Å². The van der Waals surface area contributed by atoms with Crippen LogP contribution in [0.15, 0.2) is 43.0 Å². The zero-order valence-corrected chi connectivity index (χ0v) is 17.4. The number of rotatable bonds is 5. The summed E-state index contributed by atoms with van der Waals surface area (Å²) < 4.78 is 44.0. The van der Waals surface area contributed by atoms with Gasteiger partial charge in [0.15, 0.2) is 6.61 Å². The molecule has 2 N–H and O–H groups in total. The maximum absolute atomic E-state index is 12.5. The number of nitrogens with one attached hydrogen (secondary N) is 1. The molecule has 0 aliphatic heterocycles. The fraction of sp³-hybridized carbons (Fsp3) is 0.200. The zero-order chi connectivity index (χ0) is 22.3. The van der Waals surface area contributed by atoms with E-state index in [0.717, 1.165) is 11.1 Å². The maximum atomic E-state index is 12.5. The molecule has 0 bridgehead atoms. The first-order valence-electron chi connectivity index (χ1n) is 8.95. The van der Waals surface area contributed by atoms with Crippen LogP contribution in [0.5, 0.6) is 5.75 Å². The molecule has 162 valence electrons. The highest BCUT2D eigenvalue weighted by molar-refractivity contribution is 6.37. The lowest BCUT2D eigenvalue weighted by Crippen LogP contribution is -2.19. The lowest BCUT2D eigenvalue weighted by atomic mass is 10.00. The maximum Gasteiger partial charge on any atom is 0.422 e. The Balaban J connectivity index is 1.75. The van der Waals surface area contributed by atoms with E-state index in [0.29, 0.717) is 16.6 Å². The molecule has 0 aliphatic carbocycles. The minimum Gasteiger partial charge on any atom is -0.483 e. The van der Waals surface area contributed by atoms with Crippen LogP contribution in [0.4, 0.5) is 13.2 Å². The first-order chi connectivity index (χ1) is 14.6. The molecule has 0 fully saturated rings. The number of pyridine rings is 1. The Morgan fingerprint density at radius 2 is 2.00 bits per heavy atom. The van der Waals surface area contributed by atoms with E-state index in [1.165, 1.54) is 12.1 Å². The molecular weight excluding hydrogens is 456 g/mol. The lowest BCUT2D eigenvalue weighted by Gasteiger charge is -2.18. The molecule has 4 aromatic rings. The predicted octanol–water partition coefficient (Wildman–Crippen LogP) is 5.29. The first-order valence-corrected chi connectivity index (χ1v) is 9.71. The van der Waals surface area contributed by atoms with Gasteiger partial charge in [0.2, 0.25) is 0 Å². The van der Waals surface area contributed by atoms with Gasteiger partial charge in [0.25, 0.3) is 0 Å². The number of fused-ring (bicyclic) bond motifs is 1. The van der Waals surface area contributed by atoms with Gasteiger partial charge in [-0.15, -0.1) is 0 Å². The van der Waals surface area contributed by atoms with E-state index in [9.17, 15) is 18.3 Å². The molecule has 4 rings (SSSR count). The summed E-state index contributed by atoms with van der Waals surface area (Å²) in [7, 11) is 1.79. The topological polar surface area (TPSA) is 76.0 Å². The molecule has 1 atom stereocenters. The van der Waals surface area contributed by atoms with Crippen molar-refractivity contribution in [2.45, 2.75) is 12.3 Å². The van der Waals surface area contributed by atoms with E-state index in [4.69, 9.17) is 27.9 Å². The summed E-state index contributed by atoms with van der Waals surface area (Å²) in [6.45, 7) is -1.52. The van der Waals surface area contributed by atoms with Gasteiger partial charge in [-0.2, -0.15) is 18.3 Å². The molecule has 1 unspecified atom stereocenters. The number of hydrogen-bond donors (Lipinski definition) is 2. The van der Waals surface area contributed by atoms with Gasteiger partial charge in [-0.3, -0.25) is 4.68 Å². The Morgan fingerprint density at radius 1 is 1.23 bits per heavy atom. The number of halogens is 5. The number of nitrogens with zero attached hydrogens (tertiary/aromatic N) is 3. The second kappa shape index (κ2) is 8.07. The molecule has 0 saturated carbocycles. The third-order valence-corrected chi connectivity index (χ3v) is 5.37. The van der Waals surface area contributed by atoms with Crippen LogP contribution in [0.3, 0.4) is 0 Å². The smallest absolute Gasteiger partial charge is 0.422 e. The summed E-state index contributed by atoms with van der Waals surface area (Å²) >= 11 is 12.5. The van der Waals surface area contributed by atoms with E-state index in [2.05, 4.69) is 15.1 Å². The van der Waals surface area contributed by atoms with Crippen molar-refractivity contribution in [3.63, 3.8) is 0 Å². The second-order valence-corrected chi connectivity index (χ2v) is 7.63. The molecule has 1 aromatic carbocycles. The van der Waals surface area contributed by atoms with Gasteiger partial charge >= 0.3 is 6.18 Å². The Kier molecular flexibility index (Phi) is 5.59. The van der Waals surface area contributed by atoms with Crippen molar-refractivity contribution in [2.75, 3.05) is 6.61 Å². The number of aromatic amines is 1. The summed E-state index contributed by atoms with van der Waals surface area (Å²) in [5, 5.41) is 15.7. The fourth-order valence-electron chi connectivity index (χ4n) is 3.20. The minimum atomic E-state index is -4.53. The number of benzene rings is 1. The SMILES string of the molecule is Cn1cc(-c2cnc3[nH]cc(C(O)c4c(Cl)ccc(OCC(F)(F)F)c4Cl)c3c2)cn1. The first kappa shape index (κ1) is 21.5. The largest absolute Gasteiger partial charge is 0.483 e. The molecule has 0 saturated heterocycles. The van der Waals surface area contributed by atoms with Crippen LogP contribution in [-0.4, -0.2) is 37.6 Å². The Hall–Kier alpha value is -2.75. The van der Waals surface area contributed by atoms with E-state index >= 15 is 0 Å². The van der Waals surface area contributed by atoms with Gasteiger partial charge in [-0.25, -0.2) is 4.98 Å². The summed E-state index contributed by atoms with van der Waals surface area (Å²) in [4.78, 5) is 7.33. The van der Waals surface area contributed by atoms with Crippen molar-refractivity contribution in [3.8, 4) is 16.9 Å². The van der Waals surface area contributed by atoms with Crippen LogP contribution in [0.2, 0.25) is 10.0 Å². The van der Waals surface area contributed by atoms with Crippen LogP contribution in [0.25, 0.3) is 22.2 Å². The van der Waals surface area contributed by atoms with E-state index in [1.54, 1.807) is 30.3 Å². The number of hydrogen-bond acceptors (Lipinski definition) is 4. The Labute approximate surface area is 184 Å². The van der Waals surface area contributed by atoms with E-state index in [-0.39, 0.29) is 21.4 Å². The van der Waals surface area contributed by atoms with Crippen molar-refractivity contribution in [1.82, 2.24) is 19.7 Å². The second-order valence-electron chi connectivity index (χ2n) is 6.85. The monoisotopic (exact) mass is 470 g/mol. The molecule has 31 heavy (non-hydrogen) atoms. The Morgan fingerprint density at radius 3 is 2.68 bits per heavy atom. The standard InChI is InChI=1S/C20H15Cl2F3N4O2/c1-29-8-11(6-28-29)10-4-12-13(7-27-19(12)26-5-10)18(30)16-14(21)2-3-15(17(16)22)31-9-20(23,24)25/h2-8,18,30H,9H2,1H3,(H,26,27). The van der Waals surface area contributed by atoms with Gasteiger partial charge in [0.1, 0.15) is 17.5 Å². The van der Waals surface area contributed by atoms with Gasteiger partial charge in [-0.1, -0.05) is 23.2 Å². The zero-order valence-electron chi connectivity index (χ0n) is 15.9. The van der Waals surface area contributed by atoms with Gasteiger partial charge < -0.3 is 14.8 Å². The van der Waals surface area contributed by atoms with E-state index in [1.807, 2.05) is 12.3 Å². The molecule has 0 amide bonds. The van der Waals surface area contributed by atoms with Crippen molar-refractivity contribution in [1.29, 1.82) is 0 Å². The summed E-state index contributed by atoms with van der Waals surface area (Å²) in [5.74, 6) is -0.230. The molecule has 0 spiro atoms. The van der Waals surface area contributed by atoms with Gasteiger partial charge in [0.05, 0.1) is 11.2 Å². The number of aryl methyl sites for hydroxylation is 1. The number of ether oxygens (including phenoxy) is 1. The van der Waals surface area contributed by atoms with E-state index < -0.39 is 18.9 Å². The average molecular weight is 471 g/mol. The quantitative estimate of drug-likeness (QED) is 0.415. The molecule has 11 heteroatoms. The van der Waals surface area contributed by atoms with Crippen LogP contribution in [0.1, 0.15) is 17.2 Å². The highest BCUT2D eigenvalue weighted by Crippen LogP contribution is 2.41. The average Bonchev–Trinajstić information content (AvgIpc) is 3.32. The number of alkyl halides is 3. The summed E-state index contributed by atoms with van der Waals surface area (Å²) in [6, 6.07) is 4.37. The number of aromatic nitrogens is 4. The van der Waals surface area contributed by atoms with Crippen LogP contribution >= 0.6 is 23.2 Å². The number of aliphatic hydroxyl groups is 1. The van der Waals surface area contributed by atoms with Crippen molar-refractivity contribution < 1.29 is 23.0 Å². The normalized spacial score (nSPS) is 13.0. The molecule has 3 heterocycles. The highest BCUT2D eigenvalue weighted by atomic mass is 35.5. The predicted molar refractivity (Wildman–Crippen MR) is 110 cm³/mol. The number of H-pyrrole nitrogens is 1. The van der Waals surface area contributed by atoms with Crippen molar-refractivity contribution in [3.05, 3.63) is 64.2 Å². The molecule has 0 radical (unpaired) electrons. The van der Waals surface area contributed by atoms with Crippen LogP contribution in [0, 0.1) is 0 Å². The van der Waals surface area contributed by atoms with Crippen molar-refractivity contribution in [2.24, 2.45) is 7.05 Å². The van der Waals surface area contributed by atoms with Crippen molar-refractivity contribution >= 4 is 34.2 Å².